The largest absolute Gasteiger partial charge is 0.480 e. The Balaban J connectivity index is 3.25. The third kappa shape index (κ3) is 7.47. The van der Waals surface area contributed by atoms with Crippen molar-refractivity contribution in [2.75, 3.05) is 6.54 Å². The standard InChI is InChI=1S/C7H17N5O2/c8-6(7(13)14)3-1-2-4-10-5-11-12-9/h5-6,12H,1-4,8-9H2,(H,10,11)(H,13,14)/t6-/m1/s1. The number of hydrazine groups is 2. The Kier molecular flexibility index (Phi) is 7.71. The minimum atomic E-state index is -0.956. The molecule has 14 heavy (non-hydrogen) atoms. The quantitative estimate of drug-likeness (QED) is 0.108. The second kappa shape index (κ2) is 8.42. The lowest BCUT2D eigenvalue weighted by Crippen LogP contribution is -2.36. The summed E-state index contributed by atoms with van der Waals surface area (Å²) in [6, 6.07) is -0.761. The van der Waals surface area contributed by atoms with E-state index in [2.05, 4.69) is 16.0 Å². The molecule has 7 N–H and O–H groups in total. The number of carbonyl (C=O) groups is 1. The lowest BCUT2D eigenvalue weighted by Gasteiger charge is -2.04. The van der Waals surface area contributed by atoms with Crippen molar-refractivity contribution in [3.63, 3.8) is 0 Å². The van der Waals surface area contributed by atoms with Crippen molar-refractivity contribution >= 4 is 12.3 Å². The Morgan fingerprint density at radius 2 is 2.29 bits per heavy atom. The van der Waals surface area contributed by atoms with Crippen LogP contribution in [0, 0.1) is 0 Å². The van der Waals surface area contributed by atoms with Gasteiger partial charge < -0.3 is 10.8 Å². The van der Waals surface area contributed by atoms with E-state index < -0.39 is 12.0 Å². The average Bonchev–Trinajstić information content (AvgIpc) is 2.16. The predicted octanol–water partition coefficient (Wildman–Crippen LogP) is -1.44. The Hall–Kier alpha value is -1.18. The molecule has 0 amide bonds. The van der Waals surface area contributed by atoms with Crippen molar-refractivity contribution in [3.8, 4) is 0 Å². The van der Waals surface area contributed by atoms with E-state index in [1.54, 1.807) is 0 Å². The van der Waals surface area contributed by atoms with Gasteiger partial charge in [-0.2, -0.15) is 5.53 Å². The highest BCUT2D eigenvalue weighted by molar-refractivity contribution is 5.72. The van der Waals surface area contributed by atoms with E-state index in [1.165, 1.54) is 6.34 Å². The summed E-state index contributed by atoms with van der Waals surface area (Å²) in [6.07, 6.45) is 3.48. The van der Waals surface area contributed by atoms with E-state index >= 15 is 0 Å². The molecule has 0 unspecified atom stereocenters. The van der Waals surface area contributed by atoms with E-state index in [4.69, 9.17) is 16.7 Å². The van der Waals surface area contributed by atoms with E-state index in [-0.39, 0.29) is 0 Å². The molecule has 0 aromatic heterocycles. The van der Waals surface area contributed by atoms with Gasteiger partial charge in [-0.15, -0.1) is 0 Å². The Labute approximate surface area is 82.5 Å². The summed E-state index contributed by atoms with van der Waals surface area (Å²) in [5.74, 6) is 3.95. The Bertz CT molecular complexity index is 185. The maximum absolute atomic E-state index is 10.3. The highest BCUT2D eigenvalue weighted by Gasteiger charge is 2.09. The van der Waals surface area contributed by atoms with Gasteiger partial charge in [0.15, 0.2) is 0 Å². The Morgan fingerprint density at radius 3 is 2.86 bits per heavy atom. The van der Waals surface area contributed by atoms with Gasteiger partial charge in [-0.05, 0) is 19.3 Å². The molecule has 82 valence electrons. The van der Waals surface area contributed by atoms with Crippen LogP contribution in [0.4, 0.5) is 0 Å². The van der Waals surface area contributed by atoms with Gasteiger partial charge in [-0.3, -0.25) is 21.1 Å². The molecule has 0 aliphatic carbocycles. The van der Waals surface area contributed by atoms with E-state index in [1.807, 2.05) is 0 Å². The lowest BCUT2D eigenvalue weighted by atomic mass is 10.1. The van der Waals surface area contributed by atoms with Gasteiger partial charge in [0.05, 0.1) is 6.34 Å². The molecule has 0 aliphatic rings. The monoisotopic (exact) mass is 203 g/mol. The van der Waals surface area contributed by atoms with Crippen LogP contribution in [0.5, 0.6) is 0 Å². The number of nitrogens with two attached hydrogens (primary N) is 2. The molecule has 0 spiro atoms. The number of aliphatic carboxylic acids is 1. The van der Waals surface area contributed by atoms with Crippen LogP contribution in [0.25, 0.3) is 0 Å². The fourth-order valence-electron chi connectivity index (χ4n) is 0.838. The fraction of sp³-hybridized carbons (Fsp3) is 0.714. The number of unbranched alkanes of at least 4 members (excludes halogenated alkanes) is 1. The van der Waals surface area contributed by atoms with Gasteiger partial charge in [0, 0.05) is 6.54 Å². The smallest absolute Gasteiger partial charge is 0.320 e. The molecule has 0 heterocycles. The molecule has 0 aromatic carbocycles. The van der Waals surface area contributed by atoms with Crippen LogP contribution in [-0.4, -0.2) is 30.0 Å². The third-order valence-electron chi connectivity index (χ3n) is 1.61. The topological polar surface area (TPSA) is 126 Å². The summed E-state index contributed by atoms with van der Waals surface area (Å²) in [4.78, 5) is 14.3. The fourth-order valence-corrected chi connectivity index (χ4v) is 0.838. The molecule has 0 fully saturated rings. The van der Waals surface area contributed by atoms with Crippen LogP contribution in [-0.2, 0) is 4.79 Å². The van der Waals surface area contributed by atoms with Crippen molar-refractivity contribution in [1.82, 2.24) is 11.0 Å². The molecular weight excluding hydrogens is 186 g/mol. The van der Waals surface area contributed by atoms with Crippen LogP contribution in [0.2, 0.25) is 0 Å². The normalized spacial score (nSPS) is 13.0. The van der Waals surface area contributed by atoms with E-state index in [0.717, 1.165) is 12.8 Å². The first-order chi connectivity index (χ1) is 6.68. The Morgan fingerprint density at radius 1 is 1.57 bits per heavy atom. The molecule has 0 rings (SSSR count). The number of hydrogen-bond acceptors (Lipinski definition) is 5. The van der Waals surface area contributed by atoms with Crippen LogP contribution in [0.15, 0.2) is 4.99 Å². The molecule has 0 radical (unpaired) electrons. The van der Waals surface area contributed by atoms with Gasteiger partial charge >= 0.3 is 5.97 Å². The highest BCUT2D eigenvalue weighted by Crippen LogP contribution is 1.98. The molecule has 1 atom stereocenters. The molecule has 7 heteroatoms. The molecule has 0 saturated carbocycles. The van der Waals surface area contributed by atoms with Crippen LogP contribution >= 0.6 is 0 Å². The van der Waals surface area contributed by atoms with Gasteiger partial charge in [0.2, 0.25) is 0 Å². The minimum absolute atomic E-state index is 0.480. The van der Waals surface area contributed by atoms with Crippen LogP contribution in [0.1, 0.15) is 19.3 Å². The summed E-state index contributed by atoms with van der Waals surface area (Å²) in [5, 5.41) is 8.47. The van der Waals surface area contributed by atoms with Crippen molar-refractivity contribution in [2.24, 2.45) is 16.6 Å². The molecule has 7 nitrogen and oxygen atoms in total. The number of aliphatic imine (C=N–C) groups is 1. The maximum Gasteiger partial charge on any atom is 0.320 e. The van der Waals surface area contributed by atoms with E-state index in [9.17, 15) is 4.79 Å². The van der Waals surface area contributed by atoms with Crippen molar-refractivity contribution in [1.29, 1.82) is 0 Å². The molecule has 0 bridgehead atoms. The predicted molar refractivity (Wildman–Crippen MR) is 53.3 cm³/mol. The first kappa shape index (κ1) is 12.8. The van der Waals surface area contributed by atoms with Crippen LogP contribution in [0.3, 0.4) is 0 Å². The molecule has 0 saturated heterocycles. The summed E-state index contributed by atoms with van der Waals surface area (Å²) in [5.41, 5.74) is 9.98. The SMILES string of the molecule is NNNC=NCCCC[C@@H](N)C(=O)O. The first-order valence-corrected chi connectivity index (χ1v) is 4.36. The van der Waals surface area contributed by atoms with Gasteiger partial charge in [0.1, 0.15) is 6.04 Å². The van der Waals surface area contributed by atoms with Gasteiger partial charge in [-0.1, -0.05) is 0 Å². The van der Waals surface area contributed by atoms with E-state index in [0.29, 0.717) is 13.0 Å². The number of nitrogens with zero attached hydrogens (tertiary/aromatic N) is 1. The number of carboxylic acids is 1. The number of carboxylic acid groups (broad SMARTS) is 1. The molecular formula is C7H17N5O2. The number of rotatable bonds is 8. The second-order valence-corrected chi connectivity index (χ2v) is 2.76. The van der Waals surface area contributed by atoms with Crippen molar-refractivity contribution in [2.45, 2.75) is 25.3 Å². The second-order valence-electron chi connectivity index (χ2n) is 2.76. The number of nitrogens with one attached hydrogen (secondary N) is 2. The summed E-state index contributed by atoms with van der Waals surface area (Å²) in [6.45, 7) is 0.626. The highest BCUT2D eigenvalue weighted by atomic mass is 16.4. The van der Waals surface area contributed by atoms with Gasteiger partial charge in [-0.25, -0.2) is 0 Å². The maximum atomic E-state index is 10.3. The number of hydrogen-bond donors (Lipinski definition) is 5. The first-order valence-electron chi connectivity index (χ1n) is 4.36. The molecule has 0 aliphatic heterocycles. The summed E-state index contributed by atoms with van der Waals surface area (Å²) >= 11 is 0. The zero-order valence-corrected chi connectivity index (χ0v) is 7.94. The summed E-state index contributed by atoms with van der Waals surface area (Å²) < 4.78 is 0. The minimum Gasteiger partial charge on any atom is -0.480 e. The van der Waals surface area contributed by atoms with Gasteiger partial charge in [0.25, 0.3) is 0 Å². The lowest BCUT2D eigenvalue weighted by molar-refractivity contribution is -0.138. The molecule has 0 aromatic rings. The average molecular weight is 203 g/mol. The summed E-state index contributed by atoms with van der Waals surface area (Å²) in [7, 11) is 0. The van der Waals surface area contributed by atoms with Crippen molar-refractivity contribution in [3.05, 3.63) is 0 Å². The zero-order chi connectivity index (χ0) is 10.8. The van der Waals surface area contributed by atoms with Crippen LogP contribution < -0.4 is 22.5 Å². The third-order valence-corrected chi connectivity index (χ3v) is 1.61. The van der Waals surface area contributed by atoms with Crippen molar-refractivity contribution < 1.29 is 9.90 Å². The zero-order valence-electron chi connectivity index (χ0n) is 7.94.